The first-order valence-electron chi connectivity index (χ1n) is 10.9. The number of carbonyl (C=O) groups excluding carboxylic acids is 1. The van der Waals surface area contributed by atoms with Crippen molar-refractivity contribution >= 4 is 11.4 Å². The summed E-state index contributed by atoms with van der Waals surface area (Å²) >= 11 is 0. The summed E-state index contributed by atoms with van der Waals surface area (Å²) in [5.41, 5.74) is 5.95. The van der Waals surface area contributed by atoms with Gasteiger partial charge in [-0.25, -0.2) is 0 Å². The Labute approximate surface area is 168 Å². The molecule has 0 amide bonds. The van der Waals surface area contributed by atoms with Gasteiger partial charge in [-0.1, -0.05) is 19.9 Å². The van der Waals surface area contributed by atoms with Crippen molar-refractivity contribution in [2.75, 3.05) is 13.6 Å². The van der Waals surface area contributed by atoms with E-state index in [0.717, 1.165) is 19.4 Å². The van der Waals surface area contributed by atoms with Gasteiger partial charge in [0.1, 0.15) is 0 Å². The number of fused-ring (bicyclic) bond motifs is 5. The van der Waals surface area contributed by atoms with Crippen molar-refractivity contribution < 1.29 is 4.79 Å². The fraction of sp³-hybridized carbons (Fsp3) is 0.600. The number of rotatable bonds is 1. The minimum Gasteiger partial charge on any atom is -0.377 e. The number of aromatic nitrogens is 1. The number of hydrogen-bond donors (Lipinski definition) is 0. The Balaban J connectivity index is 1.52. The van der Waals surface area contributed by atoms with Crippen LogP contribution in [-0.2, 0) is 4.79 Å². The summed E-state index contributed by atoms with van der Waals surface area (Å²) in [6, 6.07) is 2.14. The van der Waals surface area contributed by atoms with E-state index in [0.29, 0.717) is 23.5 Å². The van der Waals surface area contributed by atoms with Gasteiger partial charge in [-0.15, -0.1) is 0 Å². The van der Waals surface area contributed by atoms with Crippen molar-refractivity contribution in [1.29, 1.82) is 0 Å². The van der Waals surface area contributed by atoms with E-state index in [1.165, 1.54) is 41.7 Å². The number of aryl methyl sites for hydroxylation is 1. The molecule has 0 spiro atoms. The lowest BCUT2D eigenvalue weighted by atomic mass is 9.49. The summed E-state index contributed by atoms with van der Waals surface area (Å²) < 4.78 is 0. The molecule has 2 heterocycles. The smallest absolute Gasteiger partial charge is 0.157 e. The maximum absolute atomic E-state index is 12.1. The van der Waals surface area contributed by atoms with Crippen LogP contribution in [0.5, 0.6) is 0 Å². The average molecular weight is 377 g/mol. The van der Waals surface area contributed by atoms with E-state index in [1.807, 2.05) is 12.3 Å². The molecule has 3 nitrogen and oxygen atoms in total. The first-order valence-corrected chi connectivity index (χ1v) is 10.9. The quantitative estimate of drug-likeness (QED) is 0.690. The SMILES string of the molecule is Cc1ccncc1C1=CCC2C3CN(C)C4=CC(=O)CC[C@]4(C)C3CC[C@]12C. The normalized spacial score (nSPS) is 39.6. The van der Waals surface area contributed by atoms with Crippen LogP contribution in [0.1, 0.15) is 57.1 Å². The molecule has 2 fully saturated rings. The number of pyridine rings is 1. The molecule has 1 aromatic heterocycles. The van der Waals surface area contributed by atoms with Gasteiger partial charge in [0.15, 0.2) is 5.78 Å². The summed E-state index contributed by atoms with van der Waals surface area (Å²) in [6.45, 7) is 8.26. The third-order valence-corrected chi connectivity index (χ3v) is 8.84. The Morgan fingerprint density at radius 2 is 2.00 bits per heavy atom. The molecule has 0 N–H and O–H groups in total. The number of allylic oxidation sites excluding steroid dienone is 4. The molecule has 4 aliphatic rings. The highest BCUT2D eigenvalue weighted by Crippen LogP contribution is 2.65. The van der Waals surface area contributed by atoms with Gasteiger partial charge >= 0.3 is 0 Å². The highest BCUT2D eigenvalue weighted by atomic mass is 16.1. The van der Waals surface area contributed by atoms with Crippen LogP contribution in [0.4, 0.5) is 0 Å². The molecule has 3 aliphatic carbocycles. The molecular weight excluding hydrogens is 344 g/mol. The number of likely N-dealkylation sites (tertiary alicyclic amines) is 1. The monoisotopic (exact) mass is 376 g/mol. The molecule has 3 unspecified atom stereocenters. The zero-order valence-corrected chi connectivity index (χ0v) is 17.7. The Kier molecular flexibility index (Phi) is 3.92. The van der Waals surface area contributed by atoms with Gasteiger partial charge in [-0.05, 0) is 78.5 Å². The Morgan fingerprint density at radius 1 is 1.18 bits per heavy atom. The second-order valence-electron chi connectivity index (χ2n) is 10.2. The third kappa shape index (κ3) is 2.34. The molecule has 0 bridgehead atoms. The average Bonchev–Trinajstić information content (AvgIpc) is 3.01. The summed E-state index contributed by atoms with van der Waals surface area (Å²) in [7, 11) is 2.21. The molecule has 5 atom stereocenters. The topological polar surface area (TPSA) is 33.2 Å². The summed E-state index contributed by atoms with van der Waals surface area (Å²) in [4.78, 5) is 19.0. The van der Waals surface area contributed by atoms with Gasteiger partial charge in [0.05, 0.1) is 0 Å². The molecule has 1 aliphatic heterocycles. The van der Waals surface area contributed by atoms with E-state index in [2.05, 4.69) is 56.0 Å². The molecule has 3 heteroatoms. The first-order chi connectivity index (χ1) is 13.3. The van der Waals surface area contributed by atoms with Crippen molar-refractivity contribution in [2.24, 2.45) is 28.6 Å². The Bertz CT molecular complexity index is 900. The van der Waals surface area contributed by atoms with Crippen LogP contribution < -0.4 is 0 Å². The summed E-state index contributed by atoms with van der Waals surface area (Å²) in [6.07, 6.45) is 13.9. The lowest BCUT2D eigenvalue weighted by Gasteiger charge is -2.60. The molecule has 148 valence electrons. The van der Waals surface area contributed by atoms with Crippen molar-refractivity contribution in [1.82, 2.24) is 9.88 Å². The maximum Gasteiger partial charge on any atom is 0.157 e. The standard InChI is InChI=1S/C25H32N2O/c1-16-9-12-26-14-18(16)20-5-6-21-19-15-27(4)23-13-17(28)7-10-25(23,3)22(19)8-11-24(20,21)2/h5,9,12-14,19,21-22H,6-8,10-11,15H2,1-4H3/t19?,21?,22?,24-,25-/m1/s1. The number of carbonyl (C=O) groups is 1. The number of nitrogens with zero attached hydrogens (tertiary/aromatic N) is 2. The molecular formula is C25H32N2O. The second kappa shape index (κ2) is 6.05. The van der Waals surface area contributed by atoms with Gasteiger partial charge in [-0.3, -0.25) is 9.78 Å². The molecule has 5 rings (SSSR count). The summed E-state index contributed by atoms with van der Waals surface area (Å²) in [5.74, 6) is 2.41. The van der Waals surface area contributed by atoms with Crippen LogP contribution in [0.15, 0.2) is 36.3 Å². The van der Waals surface area contributed by atoms with Crippen LogP contribution in [0, 0.1) is 35.5 Å². The van der Waals surface area contributed by atoms with Crippen LogP contribution in [0.2, 0.25) is 0 Å². The van der Waals surface area contributed by atoms with Crippen molar-refractivity contribution in [3.8, 4) is 0 Å². The van der Waals surface area contributed by atoms with Crippen LogP contribution in [0.25, 0.3) is 5.57 Å². The molecule has 0 radical (unpaired) electrons. The zero-order valence-electron chi connectivity index (χ0n) is 17.7. The zero-order chi connectivity index (χ0) is 19.7. The predicted molar refractivity (Wildman–Crippen MR) is 112 cm³/mol. The van der Waals surface area contributed by atoms with E-state index < -0.39 is 0 Å². The maximum atomic E-state index is 12.1. The Hall–Kier alpha value is -1.90. The first kappa shape index (κ1) is 18.1. The minimum atomic E-state index is 0.167. The van der Waals surface area contributed by atoms with Gasteiger partial charge in [0.2, 0.25) is 0 Å². The van der Waals surface area contributed by atoms with E-state index in [-0.39, 0.29) is 10.8 Å². The van der Waals surface area contributed by atoms with Crippen LogP contribution in [0.3, 0.4) is 0 Å². The fourth-order valence-corrected chi connectivity index (χ4v) is 7.30. The van der Waals surface area contributed by atoms with Crippen LogP contribution in [-0.4, -0.2) is 29.3 Å². The van der Waals surface area contributed by atoms with E-state index in [9.17, 15) is 4.79 Å². The largest absolute Gasteiger partial charge is 0.377 e. The van der Waals surface area contributed by atoms with Gasteiger partial charge in [0, 0.05) is 49.6 Å². The predicted octanol–water partition coefficient (Wildman–Crippen LogP) is 5.02. The highest BCUT2D eigenvalue weighted by molar-refractivity contribution is 5.91. The van der Waals surface area contributed by atoms with E-state index in [4.69, 9.17) is 0 Å². The molecule has 28 heavy (non-hydrogen) atoms. The van der Waals surface area contributed by atoms with Gasteiger partial charge in [-0.2, -0.15) is 0 Å². The minimum absolute atomic E-state index is 0.167. The van der Waals surface area contributed by atoms with Crippen molar-refractivity contribution in [3.05, 3.63) is 47.4 Å². The van der Waals surface area contributed by atoms with E-state index in [1.54, 1.807) is 0 Å². The molecule has 0 aromatic carbocycles. The van der Waals surface area contributed by atoms with Crippen LogP contribution >= 0.6 is 0 Å². The summed E-state index contributed by atoms with van der Waals surface area (Å²) in [5, 5.41) is 0. The fourth-order valence-electron chi connectivity index (χ4n) is 7.30. The Morgan fingerprint density at radius 3 is 2.79 bits per heavy atom. The lowest BCUT2D eigenvalue weighted by Crippen LogP contribution is -2.56. The third-order valence-electron chi connectivity index (χ3n) is 8.84. The van der Waals surface area contributed by atoms with Gasteiger partial charge in [0.25, 0.3) is 0 Å². The van der Waals surface area contributed by atoms with Crippen molar-refractivity contribution in [3.63, 3.8) is 0 Å². The number of hydrogen-bond acceptors (Lipinski definition) is 3. The molecule has 1 aromatic rings. The highest BCUT2D eigenvalue weighted by Gasteiger charge is 2.58. The molecule has 1 saturated heterocycles. The molecule has 1 saturated carbocycles. The number of ketones is 1. The van der Waals surface area contributed by atoms with Crippen molar-refractivity contribution in [2.45, 2.75) is 52.9 Å². The van der Waals surface area contributed by atoms with E-state index >= 15 is 0 Å². The number of piperidine rings is 1. The van der Waals surface area contributed by atoms with Gasteiger partial charge < -0.3 is 4.90 Å². The second-order valence-corrected chi connectivity index (χ2v) is 10.2. The lowest BCUT2D eigenvalue weighted by molar-refractivity contribution is -0.118.